The standard InChI is InChI=1S/C11H25BN2O5.2ClH/c1-14(8-9-15)7-5-11(13,10(16)17)4-2-3-6-12(18)19;;/h15,18-19H,2-9,13H2,1H3,(H,16,17);2*1H. The summed E-state index contributed by atoms with van der Waals surface area (Å²) in [5.74, 6) is -1.05. The summed E-state index contributed by atoms with van der Waals surface area (Å²) in [7, 11) is 0.438. The molecule has 0 rings (SSSR count). The third-order valence-electron chi connectivity index (χ3n) is 3.18. The average Bonchev–Trinajstić information content (AvgIpc) is 2.32. The fourth-order valence-corrected chi connectivity index (χ4v) is 1.78. The highest BCUT2D eigenvalue weighted by Gasteiger charge is 2.33. The van der Waals surface area contributed by atoms with Gasteiger partial charge in [0.25, 0.3) is 0 Å². The minimum atomic E-state index is -1.35. The number of carbonyl (C=O) groups is 1. The number of aliphatic carboxylic acids is 1. The normalized spacial score (nSPS) is 13.0. The first-order chi connectivity index (χ1) is 8.81. The summed E-state index contributed by atoms with van der Waals surface area (Å²) < 4.78 is 0. The second-order valence-corrected chi connectivity index (χ2v) is 4.96. The molecule has 7 nitrogen and oxygen atoms in total. The quantitative estimate of drug-likeness (QED) is 0.253. The van der Waals surface area contributed by atoms with Crippen LogP contribution < -0.4 is 5.73 Å². The molecule has 0 bridgehead atoms. The topological polar surface area (TPSA) is 127 Å². The fourth-order valence-electron chi connectivity index (χ4n) is 1.78. The summed E-state index contributed by atoms with van der Waals surface area (Å²) >= 11 is 0. The van der Waals surface area contributed by atoms with Gasteiger partial charge in [-0.1, -0.05) is 12.8 Å². The lowest BCUT2D eigenvalue weighted by Crippen LogP contribution is -2.50. The molecule has 21 heavy (non-hydrogen) atoms. The smallest absolute Gasteiger partial charge is 0.451 e. The van der Waals surface area contributed by atoms with E-state index in [1.807, 2.05) is 4.90 Å². The van der Waals surface area contributed by atoms with E-state index in [0.717, 1.165) is 0 Å². The van der Waals surface area contributed by atoms with Crippen molar-refractivity contribution >= 4 is 37.9 Å². The predicted octanol–water partition coefficient (Wildman–Crippen LogP) is -0.431. The van der Waals surface area contributed by atoms with Gasteiger partial charge in [-0.05, 0) is 26.2 Å². The van der Waals surface area contributed by atoms with Crippen LogP contribution in [-0.2, 0) is 4.79 Å². The molecule has 1 atom stereocenters. The number of aliphatic hydroxyl groups is 1. The largest absolute Gasteiger partial charge is 0.480 e. The van der Waals surface area contributed by atoms with Gasteiger partial charge in [-0.3, -0.25) is 4.79 Å². The highest BCUT2D eigenvalue weighted by Crippen LogP contribution is 2.18. The van der Waals surface area contributed by atoms with Crippen LogP contribution >= 0.6 is 24.8 Å². The van der Waals surface area contributed by atoms with E-state index in [4.69, 9.17) is 20.9 Å². The Morgan fingerprint density at radius 3 is 2.19 bits per heavy atom. The summed E-state index contributed by atoms with van der Waals surface area (Å²) in [5.41, 5.74) is 4.59. The number of hydrogen-bond acceptors (Lipinski definition) is 6. The number of nitrogens with two attached hydrogens (primary N) is 1. The van der Waals surface area contributed by atoms with Gasteiger partial charge in [0.05, 0.1) is 6.61 Å². The number of carboxylic acids is 1. The molecule has 0 aromatic heterocycles. The van der Waals surface area contributed by atoms with E-state index < -0.39 is 18.6 Å². The maximum atomic E-state index is 11.2. The first-order valence-corrected chi connectivity index (χ1v) is 6.49. The highest BCUT2D eigenvalue weighted by molar-refractivity contribution is 6.40. The van der Waals surface area contributed by atoms with Crippen LogP contribution in [0.5, 0.6) is 0 Å². The van der Waals surface area contributed by atoms with Gasteiger partial charge in [0.2, 0.25) is 0 Å². The number of hydrogen-bond donors (Lipinski definition) is 5. The molecular weight excluding hydrogens is 322 g/mol. The van der Waals surface area contributed by atoms with Gasteiger partial charge in [-0.15, -0.1) is 24.8 Å². The minimum Gasteiger partial charge on any atom is -0.480 e. The van der Waals surface area contributed by atoms with Crippen LogP contribution in [0.1, 0.15) is 25.7 Å². The lowest BCUT2D eigenvalue weighted by Gasteiger charge is -2.27. The second kappa shape index (κ2) is 13.6. The molecule has 128 valence electrons. The average molecular weight is 349 g/mol. The molecule has 0 saturated carbocycles. The van der Waals surface area contributed by atoms with Crippen LogP contribution in [-0.4, -0.2) is 70.5 Å². The first-order valence-electron chi connectivity index (χ1n) is 6.49. The van der Waals surface area contributed by atoms with Gasteiger partial charge in [0, 0.05) is 13.1 Å². The summed E-state index contributed by atoms with van der Waals surface area (Å²) in [6.45, 7) is 0.994. The van der Waals surface area contributed by atoms with Crippen LogP contribution in [0.3, 0.4) is 0 Å². The zero-order valence-corrected chi connectivity index (χ0v) is 13.9. The highest BCUT2D eigenvalue weighted by atomic mass is 35.5. The summed E-state index contributed by atoms with van der Waals surface area (Å²) in [6, 6.07) is 0. The Labute approximate surface area is 138 Å². The molecule has 0 radical (unpaired) electrons. The van der Waals surface area contributed by atoms with E-state index in [1.165, 1.54) is 0 Å². The Balaban J connectivity index is -0.00000162. The molecule has 0 aliphatic carbocycles. The molecule has 0 aromatic rings. The Morgan fingerprint density at radius 1 is 1.19 bits per heavy atom. The summed E-state index contributed by atoms with van der Waals surface area (Å²) in [5, 5.41) is 35.4. The van der Waals surface area contributed by atoms with Gasteiger partial charge in [-0.2, -0.15) is 0 Å². The number of unbranched alkanes of at least 4 members (excludes halogenated alkanes) is 1. The monoisotopic (exact) mass is 348 g/mol. The van der Waals surface area contributed by atoms with Crippen LogP contribution in [0.25, 0.3) is 0 Å². The molecule has 10 heteroatoms. The van der Waals surface area contributed by atoms with Crippen molar-refractivity contribution in [1.29, 1.82) is 0 Å². The van der Waals surface area contributed by atoms with Crippen LogP contribution in [0, 0.1) is 0 Å². The molecule has 0 aliphatic heterocycles. The van der Waals surface area contributed by atoms with Gasteiger partial charge in [0.1, 0.15) is 5.54 Å². The SMILES string of the molecule is CN(CCO)CCC(N)(CCCCB(O)O)C(=O)O.Cl.Cl. The van der Waals surface area contributed by atoms with Gasteiger partial charge in [0.15, 0.2) is 0 Å². The van der Waals surface area contributed by atoms with Crippen LogP contribution in [0.15, 0.2) is 0 Å². The van der Waals surface area contributed by atoms with E-state index in [0.29, 0.717) is 38.8 Å². The Bertz CT molecular complexity index is 277. The Morgan fingerprint density at radius 2 is 1.76 bits per heavy atom. The van der Waals surface area contributed by atoms with E-state index in [2.05, 4.69) is 0 Å². The minimum absolute atomic E-state index is 0. The van der Waals surface area contributed by atoms with Crippen molar-refractivity contribution in [2.24, 2.45) is 5.73 Å². The fraction of sp³-hybridized carbons (Fsp3) is 0.909. The van der Waals surface area contributed by atoms with E-state index in [9.17, 15) is 9.90 Å². The molecule has 6 N–H and O–H groups in total. The third-order valence-corrected chi connectivity index (χ3v) is 3.18. The van der Waals surface area contributed by atoms with Crippen molar-refractivity contribution in [3.05, 3.63) is 0 Å². The maximum absolute atomic E-state index is 11.2. The molecule has 0 aromatic carbocycles. The Hall–Kier alpha value is -0.0851. The van der Waals surface area contributed by atoms with Crippen molar-refractivity contribution in [3.63, 3.8) is 0 Å². The molecule has 0 saturated heterocycles. The second-order valence-electron chi connectivity index (χ2n) is 4.96. The summed E-state index contributed by atoms with van der Waals surface area (Å²) in [4.78, 5) is 13.0. The van der Waals surface area contributed by atoms with Crippen molar-refractivity contribution in [2.75, 3.05) is 26.7 Å². The van der Waals surface area contributed by atoms with Crippen LogP contribution in [0.4, 0.5) is 0 Å². The number of nitrogens with zero attached hydrogens (tertiary/aromatic N) is 1. The van der Waals surface area contributed by atoms with E-state index in [-0.39, 0.29) is 37.7 Å². The van der Waals surface area contributed by atoms with E-state index in [1.54, 1.807) is 7.05 Å². The molecule has 0 heterocycles. The predicted molar refractivity (Wildman–Crippen MR) is 87.1 cm³/mol. The molecule has 1 unspecified atom stereocenters. The van der Waals surface area contributed by atoms with Gasteiger partial charge >= 0.3 is 13.1 Å². The number of halogens is 2. The first kappa shape index (κ1) is 25.8. The molecule has 0 amide bonds. The lowest BCUT2D eigenvalue weighted by molar-refractivity contribution is -0.144. The van der Waals surface area contributed by atoms with Crippen molar-refractivity contribution < 1.29 is 25.1 Å². The summed E-state index contributed by atoms with van der Waals surface area (Å²) in [6.07, 6.45) is 1.86. The van der Waals surface area contributed by atoms with Gasteiger partial charge in [-0.25, -0.2) is 0 Å². The van der Waals surface area contributed by atoms with Crippen molar-refractivity contribution in [1.82, 2.24) is 4.90 Å². The van der Waals surface area contributed by atoms with Crippen molar-refractivity contribution in [2.45, 2.75) is 37.5 Å². The zero-order chi connectivity index (χ0) is 14.9. The number of carboxylic acid groups (broad SMARTS) is 1. The molecule has 0 aliphatic rings. The van der Waals surface area contributed by atoms with E-state index >= 15 is 0 Å². The Kier molecular flexibility index (Phi) is 16.7. The maximum Gasteiger partial charge on any atom is 0.451 e. The number of rotatable bonds is 11. The third kappa shape index (κ3) is 12.2. The zero-order valence-electron chi connectivity index (χ0n) is 12.3. The molecule has 0 fully saturated rings. The molecule has 0 spiro atoms. The number of likely N-dealkylation sites (N-methyl/N-ethyl adjacent to an activating group) is 1. The number of aliphatic hydroxyl groups excluding tert-OH is 1. The molecular formula is C11H27BCl2N2O5. The lowest BCUT2D eigenvalue weighted by atomic mass is 9.81. The van der Waals surface area contributed by atoms with Gasteiger partial charge < -0.3 is 30.9 Å². The van der Waals surface area contributed by atoms with Crippen LogP contribution in [0.2, 0.25) is 6.32 Å². The van der Waals surface area contributed by atoms with Crippen molar-refractivity contribution in [3.8, 4) is 0 Å².